The van der Waals surface area contributed by atoms with Gasteiger partial charge in [0.1, 0.15) is 6.29 Å². The van der Waals surface area contributed by atoms with Gasteiger partial charge in [-0.2, -0.15) is 0 Å². The molecule has 0 aromatic carbocycles. The highest BCUT2D eigenvalue weighted by atomic mass is 35.5. The molecule has 4 unspecified atom stereocenters. The first-order chi connectivity index (χ1) is 9.88. The van der Waals surface area contributed by atoms with Gasteiger partial charge in [0.05, 0.1) is 0 Å². The summed E-state index contributed by atoms with van der Waals surface area (Å²) in [6.07, 6.45) is 15.6. The van der Waals surface area contributed by atoms with Crippen LogP contribution in [0.5, 0.6) is 0 Å². The number of halogens is 2. The Bertz CT molecular complexity index is 448. The van der Waals surface area contributed by atoms with E-state index < -0.39 is 0 Å². The van der Waals surface area contributed by atoms with E-state index in [1.807, 2.05) is 0 Å². The van der Waals surface area contributed by atoms with Gasteiger partial charge in [0.2, 0.25) is 0 Å². The van der Waals surface area contributed by atoms with Gasteiger partial charge in [-0.25, -0.2) is 0 Å². The van der Waals surface area contributed by atoms with E-state index in [1.165, 1.54) is 12.0 Å². The summed E-state index contributed by atoms with van der Waals surface area (Å²) in [4.78, 5) is 10.9. The van der Waals surface area contributed by atoms with Gasteiger partial charge in [-0.3, -0.25) is 0 Å². The maximum atomic E-state index is 10.9. The number of fused-ring (bicyclic) bond motifs is 1. The van der Waals surface area contributed by atoms with Crippen molar-refractivity contribution in [3.05, 3.63) is 36.1 Å². The standard InChI is InChI=1S/C17H24N2O.2ClH/c20-10-6-14-4-9-19-12-17(14)16-2-1-13-3-7-18-8-5-15(13)11-16;;/h1-2,5,8,10-11,13-15,17-19H,3-4,6-7,9,12H2;2*1H. The molecule has 0 aromatic heterocycles. The maximum Gasteiger partial charge on any atom is 0.120 e. The van der Waals surface area contributed by atoms with Crippen LogP contribution >= 0.6 is 24.8 Å². The molecular weight excluding hydrogens is 319 g/mol. The molecule has 3 nitrogen and oxygen atoms in total. The fourth-order valence-corrected chi connectivity index (χ4v) is 3.72. The molecule has 124 valence electrons. The molecule has 3 rings (SSSR count). The molecular formula is C17H26Cl2N2O. The predicted octanol–water partition coefficient (Wildman–Crippen LogP) is 2.88. The van der Waals surface area contributed by atoms with E-state index in [1.54, 1.807) is 0 Å². The average molecular weight is 345 g/mol. The summed E-state index contributed by atoms with van der Waals surface area (Å²) in [6.45, 7) is 3.11. The number of allylic oxidation sites excluding steroid dienone is 4. The molecule has 0 amide bonds. The summed E-state index contributed by atoms with van der Waals surface area (Å²) in [6, 6.07) is 0. The van der Waals surface area contributed by atoms with Gasteiger partial charge in [-0.1, -0.05) is 24.3 Å². The Hall–Kier alpha value is -0.770. The quantitative estimate of drug-likeness (QED) is 0.773. The Balaban J connectivity index is 0.00000121. The maximum absolute atomic E-state index is 10.9. The second-order valence-corrected chi connectivity index (χ2v) is 6.13. The van der Waals surface area contributed by atoms with Crippen molar-refractivity contribution in [3.8, 4) is 0 Å². The molecule has 2 aliphatic heterocycles. The molecule has 0 saturated carbocycles. The van der Waals surface area contributed by atoms with Crippen LogP contribution in [0.3, 0.4) is 0 Å². The SMILES string of the molecule is Cl.Cl.O=CCC1CCNCC1C1=CC2C=CNCCC2C=C1. The van der Waals surface area contributed by atoms with Crippen molar-refractivity contribution in [2.75, 3.05) is 19.6 Å². The van der Waals surface area contributed by atoms with Gasteiger partial charge in [-0.15, -0.1) is 24.8 Å². The third kappa shape index (κ3) is 4.37. The number of carbonyl (C=O) groups is 1. The van der Waals surface area contributed by atoms with Gasteiger partial charge in [0.15, 0.2) is 0 Å². The third-order valence-electron chi connectivity index (χ3n) is 4.93. The van der Waals surface area contributed by atoms with Crippen LogP contribution < -0.4 is 10.6 Å². The zero-order valence-electron chi connectivity index (χ0n) is 12.7. The summed E-state index contributed by atoms with van der Waals surface area (Å²) in [5, 5.41) is 6.81. The van der Waals surface area contributed by atoms with E-state index in [9.17, 15) is 4.79 Å². The molecule has 0 radical (unpaired) electrons. The summed E-state index contributed by atoms with van der Waals surface area (Å²) in [5.41, 5.74) is 1.43. The Labute approximate surface area is 145 Å². The molecule has 22 heavy (non-hydrogen) atoms. The van der Waals surface area contributed by atoms with E-state index in [0.717, 1.165) is 32.3 Å². The van der Waals surface area contributed by atoms with Crippen molar-refractivity contribution < 1.29 is 4.79 Å². The second-order valence-electron chi connectivity index (χ2n) is 6.13. The minimum absolute atomic E-state index is 0. The van der Waals surface area contributed by atoms with Crippen LogP contribution in [0.15, 0.2) is 36.1 Å². The van der Waals surface area contributed by atoms with Crippen molar-refractivity contribution >= 4 is 31.1 Å². The number of piperidine rings is 1. The van der Waals surface area contributed by atoms with Crippen LogP contribution in [-0.4, -0.2) is 25.9 Å². The molecule has 2 N–H and O–H groups in total. The van der Waals surface area contributed by atoms with Crippen LogP contribution in [0.4, 0.5) is 0 Å². The second kappa shape index (κ2) is 9.39. The minimum Gasteiger partial charge on any atom is -0.391 e. The van der Waals surface area contributed by atoms with E-state index in [0.29, 0.717) is 30.1 Å². The lowest BCUT2D eigenvalue weighted by Crippen LogP contribution is -2.38. The highest BCUT2D eigenvalue weighted by Crippen LogP contribution is 2.35. The Morgan fingerprint density at radius 3 is 2.86 bits per heavy atom. The molecule has 2 heterocycles. The van der Waals surface area contributed by atoms with Crippen LogP contribution in [0.2, 0.25) is 0 Å². The van der Waals surface area contributed by atoms with Crippen molar-refractivity contribution in [1.82, 2.24) is 10.6 Å². The number of hydrogen-bond acceptors (Lipinski definition) is 3. The van der Waals surface area contributed by atoms with Gasteiger partial charge < -0.3 is 15.4 Å². The number of carbonyl (C=O) groups excluding carboxylic acids is 1. The minimum atomic E-state index is 0. The highest BCUT2D eigenvalue weighted by Gasteiger charge is 2.29. The fourth-order valence-electron chi connectivity index (χ4n) is 3.72. The van der Waals surface area contributed by atoms with Crippen LogP contribution in [0, 0.1) is 23.7 Å². The number of aldehydes is 1. The molecule has 3 aliphatic rings. The number of nitrogens with one attached hydrogen (secondary N) is 2. The molecule has 0 bridgehead atoms. The Morgan fingerprint density at radius 1 is 1.18 bits per heavy atom. The van der Waals surface area contributed by atoms with E-state index in [4.69, 9.17) is 0 Å². The summed E-state index contributed by atoms with van der Waals surface area (Å²) in [5.74, 6) is 2.15. The summed E-state index contributed by atoms with van der Waals surface area (Å²) < 4.78 is 0. The molecule has 4 atom stereocenters. The van der Waals surface area contributed by atoms with Crippen molar-refractivity contribution in [1.29, 1.82) is 0 Å². The largest absolute Gasteiger partial charge is 0.391 e. The summed E-state index contributed by atoms with van der Waals surface area (Å²) >= 11 is 0. The first kappa shape index (κ1) is 19.3. The first-order valence-electron chi connectivity index (χ1n) is 7.83. The van der Waals surface area contributed by atoms with E-state index in [-0.39, 0.29) is 24.8 Å². The van der Waals surface area contributed by atoms with Crippen LogP contribution in [-0.2, 0) is 4.79 Å². The predicted molar refractivity (Wildman–Crippen MR) is 95.6 cm³/mol. The summed E-state index contributed by atoms with van der Waals surface area (Å²) in [7, 11) is 0. The van der Waals surface area contributed by atoms with Crippen molar-refractivity contribution in [2.45, 2.75) is 19.3 Å². The van der Waals surface area contributed by atoms with Gasteiger partial charge in [0.25, 0.3) is 0 Å². The van der Waals surface area contributed by atoms with Crippen LogP contribution in [0.25, 0.3) is 0 Å². The third-order valence-corrected chi connectivity index (χ3v) is 4.93. The Morgan fingerprint density at radius 2 is 2.05 bits per heavy atom. The molecule has 0 spiro atoms. The lowest BCUT2D eigenvalue weighted by molar-refractivity contribution is -0.109. The molecule has 0 aromatic rings. The van der Waals surface area contributed by atoms with Gasteiger partial charge >= 0.3 is 0 Å². The highest BCUT2D eigenvalue weighted by molar-refractivity contribution is 5.85. The van der Waals surface area contributed by atoms with Crippen LogP contribution in [0.1, 0.15) is 19.3 Å². The first-order valence-corrected chi connectivity index (χ1v) is 7.83. The molecule has 5 heteroatoms. The smallest absolute Gasteiger partial charge is 0.120 e. The van der Waals surface area contributed by atoms with E-state index >= 15 is 0 Å². The molecule has 1 fully saturated rings. The topological polar surface area (TPSA) is 41.1 Å². The monoisotopic (exact) mass is 344 g/mol. The normalized spacial score (nSPS) is 33.2. The average Bonchev–Trinajstić information content (AvgIpc) is 2.72. The zero-order valence-corrected chi connectivity index (χ0v) is 14.4. The number of hydrogen-bond donors (Lipinski definition) is 2. The lowest BCUT2D eigenvalue weighted by atomic mass is 9.74. The number of rotatable bonds is 3. The Kier molecular flexibility index (Phi) is 8.23. The molecule has 1 aliphatic carbocycles. The van der Waals surface area contributed by atoms with Crippen molar-refractivity contribution in [2.24, 2.45) is 23.7 Å². The zero-order chi connectivity index (χ0) is 13.8. The van der Waals surface area contributed by atoms with Gasteiger partial charge in [-0.05, 0) is 48.9 Å². The van der Waals surface area contributed by atoms with Gasteiger partial charge in [0, 0.05) is 25.4 Å². The van der Waals surface area contributed by atoms with Crippen molar-refractivity contribution in [3.63, 3.8) is 0 Å². The van der Waals surface area contributed by atoms with E-state index in [2.05, 4.69) is 41.1 Å². The lowest BCUT2D eigenvalue weighted by Gasteiger charge is -2.34. The molecule has 1 saturated heterocycles. The fraction of sp³-hybridized carbons (Fsp3) is 0.588.